The molecule has 0 bridgehead atoms. The van der Waals surface area contributed by atoms with Crippen molar-refractivity contribution in [3.05, 3.63) is 30.1 Å². The minimum atomic E-state index is -0.919. The Morgan fingerprint density at radius 2 is 2.00 bits per heavy atom. The van der Waals surface area contributed by atoms with E-state index in [0.717, 1.165) is 0 Å². The van der Waals surface area contributed by atoms with E-state index < -0.39 is 5.97 Å². The summed E-state index contributed by atoms with van der Waals surface area (Å²) in [6, 6.07) is 2.89. The Morgan fingerprint density at radius 3 is 2.33 bits per heavy atom. The number of aromatic nitrogens is 1. The van der Waals surface area contributed by atoms with Crippen LogP contribution in [0.15, 0.2) is 24.5 Å². The van der Waals surface area contributed by atoms with E-state index in [9.17, 15) is 4.79 Å². The van der Waals surface area contributed by atoms with E-state index >= 15 is 0 Å². The average molecular weight is 125 g/mol. The van der Waals surface area contributed by atoms with Gasteiger partial charge in [-0.2, -0.15) is 0 Å². The Hall–Kier alpha value is -1.38. The summed E-state index contributed by atoms with van der Waals surface area (Å²) in [7, 11) is 0. The summed E-state index contributed by atoms with van der Waals surface area (Å²) in [4.78, 5) is 13.8. The number of carbonyl (C=O) groups is 1. The highest BCUT2D eigenvalue weighted by Crippen LogP contribution is 1.93. The second-order valence-corrected chi connectivity index (χ2v) is 1.54. The maximum absolute atomic E-state index is 10.2. The number of hydrogen-bond donors (Lipinski definition) is 1. The van der Waals surface area contributed by atoms with Gasteiger partial charge < -0.3 is 5.11 Å². The summed E-state index contributed by atoms with van der Waals surface area (Å²) < 4.78 is 0. The van der Waals surface area contributed by atoms with E-state index in [0.29, 0.717) is 0 Å². The highest BCUT2D eigenvalue weighted by molar-refractivity contribution is 5.87. The van der Waals surface area contributed by atoms with Crippen LogP contribution in [0.25, 0.3) is 0 Å². The molecule has 3 nitrogen and oxygen atoms in total. The molecule has 3 heteroatoms. The van der Waals surface area contributed by atoms with E-state index in [1.54, 1.807) is 0 Å². The molecule has 1 rings (SSSR count). The van der Waals surface area contributed by atoms with Gasteiger partial charge in [-0.3, -0.25) is 4.98 Å². The topological polar surface area (TPSA) is 50.2 Å². The number of carboxylic acid groups (broad SMARTS) is 1. The molecule has 0 radical (unpaired) electrons. The molecule has 1 aromatic rings. The van der Waals surface area contributed by atoms with Gasteiger partial charge in [0.2, 0.25) is 0 Å². The van der Waals surface area contributed by atoms with Crippen LogP contribution in [-0.4, -0.2) is 16.1 Å². The molecule has 0 atom stereocenters. The molecule has 0 spiro atoms. The van der Waals surface area contributed by atoms with Gasteiger partial charge >= 0.3 is 5.97 Å². The van der Waals surface area contributed by atoms with Crippen LogP contribution in [0.2, 0.25) is 0 Å². The van der Waals surface area contributed by atoms with Gasteiger partial charge in [-0.25, -0.2) is 4.79 Å². The Bertz CT molecular complexity index is 208. The van der Waals surface area contributed by atoms with Crippen molar-refractivity contribution < 1.29 is 9.90 Å². The molecule has 0 saturated heterocycles. The third-order valence-electron chi connectivity index (χ3n) is 0.927. The number of pyridine rings is 1. The molecule has 1 heterocycles. The average Bonchev–Trinajstić information content (AvgIpc) is 1.90. The molecule has 0 aromatic carbocycles. The molecule has 1 aromatic heterocycles. The first kappa shape index (κ1) is 5.75. The molecule has 0 aliphatic carbocycles. The Morgan fingerprint density at radius 1 is 1.44 bits per heavy atom. The van der Waals surface area contributed by atoms with Crippen LogP contribution in [0.3, 0.4) is 0 Å². The first-order chi connectivity index (χ1) is 4.30. The molecule has 0 unspecified atom stereocenters. The van der Waals surface area contributed by atoms with Gasteiger partial charge in [-0.15, -0.1) is 0 Å². The second-order valence-electron chi connectivity index (χ2n) is 1.54. The van der Waals surface area contributed by atoms with Gasteiger partial charge in [-0.05, 0) is 12.1 Å². The van der Waals surface area contributed by atoms with Crippen molar-refractivity contribution in [2.75, 3.05) is 0 Å². The van der Waals surface area contributed by atoms with Crippen LogP contribution in [0.4, 0.5) is 0 Å². The number of rotatable bonds is 1. The summed E-state index contributed by atoms with van der Waals surface area (Å²) >= 11 is 0. The predicted molar refractivity (Wildman–Crippen MR) is 31.2 cm³/mol. The molecule has 46 valence electrons. The normalized spacial score (nSPS) is 8.89. The standard InChI is InChI=1S/C6H5NO2/c8-6(9)5-1-3-7-4-2-5/h1-4H,(H,8,9)/i6+2. The third kappa shape index (κ3) is 1.25. The molecule has 0 fully saturated rings. The summed E-state index contributed by atoms with van der Waals surface area (Å²) in [5, 5.41) is 8.36. The van der Waals surface area contributed by atoms with E-state index in [4.69, 9.17) is 5.11 Å². The van der Waals surface area contributed by atoms with Gasteiger partial charge in [0.1, 0.15) is 0 Å². The van der Waals surface area contributed by atoms with Crippen LogP contribution in [0.1, 0.15) is 10.4 Å². The van der Waals surface area contributed by atoms with Crippen molar-refractivity contribution >= 4 is 5.97 Å². The van der Waals surface area contributed by atoms with E-state index in [1.165, 1.54) is 24.5 Å². The van der Waals surface area contributed by atoms with Crippen molar-refractivity contribution in [1.82, 2.24) is 4.98 Å². The van der Waals surface area contributed by atoms with E-state index in [-0.39, 0.29) is 5.56 Å². The zero-order valence-electron chi connectivity index (χ0n) is 4.61. The number of nitrogens with zero attached hydrogens (tertiary/aromatic N) is 1. The number of carboxylic acids is 1. The lowest BCUT2D eigenvalue weighted by atomic mass is 10.4. The number of aromatic carboxylic acids is 1. The zero-order valence-corrected chi connectivity index (χ0v) is 4.61. The van der Waals surface area contributed by atoms with Gasteiger partial charge in [0, 0.05) is 12.4 Å². The minimum Gasteiger partial charge on any atom is -0.478 e. The van der Waals surface area contributed by atoms with Gasteiger partial charge in [0.25, 0.3) is 0 Å². The Kier molecular flexibility index (Phi) is 1.44. The highest BCUT2D eigenvalue weighted by Gasteiger charge is 1.97. The molecule has 0 saturated carbocycles. The SMILES string of the molecule is O=[14C](O)c1ccncc1. The quantitative estimate of drug-likeness (QED) is 0.603. The van der Waals surface area contributed by atoms with Gasteiger partial charge in [0.15, 0.2) is 0 Å². The molecule has 1 N–H and O–H groups in total. The number of hydrogen-bond acceptors (Lipinski definition) is 2. The van der Waals surface area contributed by atoms with Crippen LogP contribution in [0, 0.1) is 0 Å². The zero-order chi connectivity index (χ0) is 6.69. The molecule has 0 aliphatic rings. The lowest BCUT2D eigenvalue weighted by Gasteiger charge is -1.87. The largest absolute Gasteiger partial charge is 0.478 e. The fourth-order valence-corrected chi connectivity index (χ4v) is 0.494. The second kappa shape index (κ2) is 2.26. The van der Waals surface area contributed by atoms with Crippen LogP contribution in [0.5, 0.6) is 0 Å². The van der Waals surface area contributed by atoms with E-state index in [2.05, 4.69) is 4.98 Å². The van der Waals surface area contributed by atoms with Crippen molar-refractivity contribution in [2.45, 2.75) is 0 Å². The molecule has 0 amide bonds. The van der Waals surface area contributed by atoms with Crippen LogP contribution >= 0.6 is 0 Å². The Labute approximate surface area is 52.0 Å². The summed E-state index contributed by atoms with van der Waals surface area (Å²) in [5.74, 6) is -0.919. The third-order valence-corrected chi connectivity index (χ3v) is 0.927. The Balaban J connectivity index is 2.98. The summed E-state index contributed by atoms with van der Waals surface area (Å²) in [6.45, 7) is 0. The van der Waals surface area contributed by atoms with Crippen molar-refractivity contribution in [2.24, 2.45) is 0 Å². The van der Waals surface area contributed by atoms with Crippen molar-refractivity contribution in [3.63, 3.8) is 0 Å². The fourth-order valence-electron chi connectivity index (χ4n) is 0.494. The molecular formula is C6H5NO2. The highest BCUT2D eigenvalue weighted by atomic mass is 16.6. The lowest BCUT2D eigenvalue weighted by molar-refractivity contribution is 0.0697. The van der Waals surface area contributed by atoms with Crippen LogP contribution in [-0.2, 0) is 0 Å². The predicted octanol–water partition coefficient (Wildman–Crippen LogP) is 0.780. The molecule has 9 heavy (non-hydrogen) atoms. The molecule has 0 aliphatic heterocycles. The van der Waals surface area contributed by atoms with Crippen molar-refractivity contribution in [1.29, 1.82) is 0 Å². The first-order valence-corrected chi connectivity index (χ1v) is 2.44. The van der Waals surface area contributed by atoms with Gasteiger partial charge in [-0.1, -0.05) is 0 Å². The molecular weight excluding hydrogens is 120 g/mol. The maximum Gasteiger partial charge on any atom is 0.335 e. The van der Waals surface area contributed by atoms with Crippen LogP contribution < -0.4 is 0 Å². The summed E-state index contributed by atoms with van der Waals surface area (Å²) in [6.07, 6.45) is 2.90. The lowest BCUT2D eigenvalue weighted by Crippen LogP contribution is -1.94. The monoisotopic (exact) mass is 125 g/mol. The first-order valence-electron chi connectivity index (χ1n) is 2.44. The van der Waals surface area contributed by atoms with Crippen molar-refractivity contribution in [3.8, 4) is 0 Å². The fraction of sp³-hybridized carbons (Fsp3) is 0. The van der Waals surface area contributed by atoms with Gasteiger partial charge in [0.05, 0.1) is 5.56 Å². The smallest absolute Gasteiger partial charge is 0.335 e. The summed E-state index contributed by atoms with van der Waals surface area (Å²) in [5.41, 5.74) is 0.269. The maximum atomic E-state index is 10.2. The van der Waals surface area contributed by atoms with E-state index in [1.807, 2.05) is 0 Å². The minimum absolute atomic E-state index is 0.269.